The lowest BCUT2D eigenvalue weighted by Gasteiger charge is -2.32. The van der Waals surface area contributed by atoms with Crippen molar-refractivity contribution >= 4 is 18.3 Å². The van der Waals surface area contributed by atoms with Crippen molar-refractivity contribution in [1.82, 2.24) is 25.0 Å². The summed E-state index contributed by atoms with van der Waals surface area (Å²) in [5.74, 6) is 2.76. The summed E-state index contributed by atoms with van der Waals surface area (Å²) in [7, 11) is 0. The largest absolute Gasteiger partial charge is 0.339 e. The molecule has 1 N–H and O–H groups in total. The molecule has 27 heavy (non-hydrogen) atoms. The van der Waals surface area contributed by atoms with E-state index in [0.29, 0.717) is 5.92 Å². The van der Waals surface area contributed by atoms with Gasteiger partial charge in [0.2, 0.25) is 0 Å². The lowest BCUT2D eigenvalue weighted by atomic mass is 9.95. The molecular formula is C20H26ClN5O. The number of nitrogens with zero attached hydrogens (tertiary/aromatic N) is 4. The number of carbonyl (C=O) groups is 1. The van der Waals surface area contributed by atoms with Crippen molar-refractivity contribution in [2.75, 3.05) is 19.6 Å². The van der Waals surface area contributed by atoms with Gasteiger partial charge in [-0.2, -0.15) is 0 Å². The van der Waals surface area contributed by atoms with E-state index in [9.17, 15) is 4.79 Å². The average Bonchev–Trinajstić information content (AvgIpc) is 3.34. The van der Waals surface area contributed by atoms with Gasteiger partial charge in [-0.3, -0.25) is 4.79 Å². The van der Waals surface area contributed by atoms with E-state index < -0.39 is 0 Å². The Balaban J connectivity index is 0.00000180. The fraction of sp³-hybridized carbons (Fsp3) is 0.550. The van der Waals surface area contributed by atoms with Gasteiger partial charge < -0.3 is 14.8 Å². The molecule has 0 radical (unpaired) electrons. The van der Waals surface area contributed by atoms with E-state index in [1.807, 2.05) is 11.0 Å². The molecule has 1 aromatic carbocycles. The van der Waals surface area contributed by atoms with E-state index in [4.69, 9.17) is 0 Å². The lowest BCUT2D eigenvalue weighted by molar-refractivity contribution is 0.0710. The van der Waals surface area contributed by atoms with E-state index in [2.05, 4.69) is 32.2 Å². The van der Waals surface area contributed by atoms with Crippen molar-refractivity contribution in [3.63, 3.8) is 0 Å². The first kappa shape index (κ1) is 18.4. The normalized spacial score (nSPS) is 19.3. The van der Waals surface area contributed by atoms with Gasteiger partial charge in [0.1, 0.15) is 11.6 Å². The monoisotopic (exact) mass is 387 g/mol. The number of aromatic nitrogens is 3. The smallest absolute Gasteiger partial charge is 0.253 e. The van der Waals surface area contributed by atoms with E-state index in [1.165, 1.54) is 17.5 Å². The summed E-state index contributed by atoms with van der Waals surface area (Å²) in [4.78, 5) is 14.9. The van der Waals surface area contributed by atoms with Gasteiger partial charge in [-0.25, -0.2) is 0 Å². The standard InChI is InChI=1S/C20H25N5O.ClH/c26-20(17-5-4-14-2-1-3-16(14)12-17)24-9-6-15(7-10-24)19-23-22-18-13-21-8-11-25(18)19;/h4-5,12,15,21H,1-3,6-11,13H2;1H. The van der Waals surface area contributed by atoms with Crippen LogP contribution in [-0.4, -0.2) is 45.2 Å². The fourth-order valence-electron chi connectivity index (χ4n) is 4.64. The Kier molecular flexibility index (Phi) is 5.19. The third-order valence-corrected chi connectivity index (χ3v) is 6.14. The number of fused-ring (bicyclic) bond motifs is 2. The summed E-state index contributed by atoms with van der Waals surface area (Å²) in [5.41, 5.74) is 3.65. The average molecular weight is 388 g/mol. The van der Waals surface area contributed by atoms with Gasteiger partial charge in [-0.1, -0.05) is 6.07 Å². The van der Waals surface area contributed by atoms with Crippen LogP contribution in [0, 0.1) is 0 Å². The number of likely N-dealkylation sites (tertiary alicyclic amines) is 1. The number of piperidine rings is 1. The van der Waals surface area contributed by atoms with Crippen molar-refractivity contribution < 1.29 is 4.79 Å². The lowest BCUT2D eigenvalue weighted by Crippen LogP contribution is -2.39. The summed E-state index contributed by atoms with van der Waals surface area (Å²) >= 11 is 0. The first-order valence-electron chi connectivity index (χ1n) is 9.83. The molecule has 3 aliphatic rings. The Hall–Kier alpha value is -1.92. The van der Waals surface area contributed by atoms with Crippen molar-refractivity contribution in [3.05, 3.63) is 46.5 Å². The number of aryl methyl sites for hydroxylation is 2. The zero-order chi connectivity index (χ0) is 17.5. The number of hydrogen-bond donors (Lipinski definition) is 1. The molecule has 6 nitrogen and oxygen atoms in total. The van der Waals surface area contributed by atoms with Crippen LogP contribution < -0.4 is 5.32 Å². The molecule has 2 aromatic rings. The minimum Gasteiger partial charge on any atom is -0.339 e. The Morgan fingerprint density at radius 3 is 2.74 bits per heavy atom. The summed E-state index contributed by atoms with van der Waals surface area (Å²) in [5, 5.41) is 12.1. The van der Waals surface area contributed by atoms with Crippen LogP contribution in [0.25, 0.3) is 0 Å². The Bertz CT molecular complexity index is 841. The Labute approximate surface area is 165 Å². The molecule has 2 aliphatic heterocycles. The summed E-state index contributed by atoms with van der Waals surface area (Å²) in [6, 6.07) is 6.29. The summed E-state index contributed by atoms with van der Waals surface area (Å²) < 4.78 is 2.28. The number of halogens is 1. The molecule has 7 heteroatoms. The highest BCUT2D eigenvalue weighted by Crippen LogP contribution is 2.29. The molecule has 0 saturated carbocycles. The van der Waals surface area contributed by atoms with Crippen molar-refractivity contribution in [2.45, 2.75) is 51.1 Å². The minimum atomic E-state index is 0. The molecule has 3 heterocycles. The SMILES string of the molecule is Cl.O=C(c1ccc2c(c1)CCC2)N1CCC(c2nnc3n2CCNC3)CC1. The van der Waals surface area contributed by atoms with Crippen LogP contribution >= 0.6 is 12.4 Å². The van der Waals surface area contributed by atoms with Gasteiger partial charge in [0.05, 0.1) is 6.54 Å². The van der Waals surface area contributed by atoms with Gasteiger partial charge >= 0.3 is 0 Å². The van der Waals surface area contributed by atoms with E-state index in [-0.39, 0.29) is 18.3 Å². The third kappa shape index (κ3) is 3.36. The zero-order valence-corrected chi connectivity index (χ0v) is 16.3. The van der Waals surface area contributed by atoms with E-state index >= 15 is 0 Å². The molecule has 0 spiro atoms. The highest BCUT2D eigenvalue weighted by molar-refractivity contribution is 5.94. The van der Waals surface area contributed by atoms with E-state index in [0.717, 1.165) is 75.6 Å². The van der Waals surface area contributed by atoms with Crippen LogP contribution in [0.5, 0.6) is 0 Å². The zero-order valence-electron chi connectivity index (χ0n) is 15.5. The molecule has 0 unspecified atom stereocenters. The van der Waals surface area contributed by atoms with Crippen LogP contribution in [-0.2, 0) is 25.9 Å². The first-order valence-corrected chi connectivity index (χ1v) is 9.83. The molecule has 1 aromatic heterocycles. The predicted molar refractivity (Wildman–Crippen MR) is 105 cm³/mol. The summed E-state index contributed by atoms with van der Waals surface area (Å²) in [6.45, 7) is 4.35. The Morgan fingerprint density at radius 1 is 1.07 bits per heavy atom. The second-order valence-corrected chi connectivity index (χ2v) is 7.71. The number of rotatable bonds is 2. The number of hydrogen-bond acceptors (Lipinski definition) is 4. The van der Waals surface area contributed by atoms with Gasteiger partial charge in [0, 0.05) is 37.7 Å². The van der Waals surface area contributed by atoms with Crippen LogP contribution in [0.15, 0.2) is 18.2 Å². The second-order valence-electron chi connectivity index (χ2n) is 7.71. The molecule has 1 aliphatic carbocycles. The van der Waals surface area contributed by atoms with Crippen LogP contribution in [0.3, 0.4) is 0 Å². The predicted octanol–water partition coefficient (Wildman–Crippen LogP) is 2.31. The molecule has 5 rings (SSSR count). The maximum atomic E-state index is 12.9. The summed E-state index contributed by atoms with van der Waals surface area (Å²) in [6.07, 6.45) is 5.44. The van der Waals surface area contributed by atoms with Crippen molar-refractivity contribution in [2.24, 2.45) is 0 Å². The van der Waals surface area contributed by atoms with Crippen molar-refractivity contribution in [1.29, 1.82) is 0 Å². The highest BCUT2D eigenvalue weighted by Gasteiger charge is 2.29. The number of nitrogens with one attached hydrogen (secondary N) is 1. The molecule has 0 bridgehead atoms. The van der Waals surface area contributed by atoms with Gasteiger partial charge in [-0.05, 0) is 55.4 Å². The molecule has 144 valence electrons. The Morgan fingerprint density at radius 2 is 1.89 bits per heavy atom. The van der Waals surface area contributed by atoms with Crippen LogP contribution in [0.4, 0.5) is 0 Å². The minimum absolute atomic E-state index is 0. The van der Waals surface area contributed by atoms with Crippen molar-refractivity contribution in [3.8, 4) is 0 Å². The number of amides is 1. The quantitative estimate of drug-likeness (QED) is 0.858. The number of carbonyl (C=O) groups excluding carboxylic acids is 1. The molecule has 1 amide bonds. The second kappa shape index (κ2) is 7.60. The molecule has 1 fully saturated rings. The maximum Gasteiger partial charge on any atom is 0.253 e. The first-order chi connectivity index (χ1) is 12.8. The topological polar surface area (TPSA) is 63.1 Å². The highest BCUT2D eigenvalue weighted by atomic mass is 35.5. The maximum absolute atomic E-state index is 12.9. The van der Waals surface area contributed by atoms with Crippen LogP contribution in [0.2, 0.25) is 0 Å². The van der Waals surface area contributed by atoms with Gasteiger partial charge in [-0.15, -0.1) is 22.6 Å². The third-order valence-electron chi connectivity index (χ3n) is 6.14. The fourth-order valence-corrected chi connectivity index (χ4v) is 4.64. The van der Waals surface area contributed by atoms with E-state index in [1.54, 1.807) is 0 Å². The van der Waals surface area contributed by atoms with Gasteiger partial charge in [0.25, 0.3) is 5.91 Å². The van der Waals surface area contributed by atoms with Gasteiger partial charge in [0.15, 0.2) is 0 Å². The molecular weight excluding hydrogens is 362 g/mol. The number of benzene rings is 1. The van der Waals surface area contributed by atoms with Crippen LogP contribution in [0.1, 0.15) is 58.3 Å². The molecule has 1 saturated heterocycles. The molecule has 0 atom stereocenters.